The molecule has 0 bridgehead atoms. The van der Waals surface area contributed by atoms with Gasteiger partial charge >= 0.3 is 0 Å². The van der Waals surface area contributed by atoms with Crippen LogP contribution in [0.15, 0.2) is 0 Å². The highest BCUT2D eigenvalue weighted by Crippen LogP contribution is 2.29. The third kappa shape index (κ3) is 1.75. The average Bonchev–Trinajstić information content (AvgIpc) is 2.25. The zero-order valence-electron chi connectivity index (χ0n) is 6.20. The second-order valence-electron chi connectivity index (χ2n) is 2.85. The van der Waals surface area contributed by atoms with E-state index in [0.29, 0.717) is 0 Å². The first-order chi connectivity index (χ1) is 5.46. The second kappa shape index (κ2) is 3.02. The lowest BCUT2D eigenvalue weighted by molar-refractivity contribution is 0.0773. The van der Waals surface area contributed by atoms with Gasteiger partial charge in [-0.05, 0) is 0 Å². The van der Waals surface area contributed by atoms with Crippen LogP contribution in [0.25, 0.3) is 0 Å². The predicted octanol–water partition coefficient (Wildman–Crippen LogP) is 0.546. The highest BCUT2D eigenvalue weighted by molar-refractivity contribution is 7.91. The smallest absolute Gasteiger partial charge is 0.229 e. The van der Waals surface area contributed by atoms with E-state index in [4.69, 9.17) is 6.42 Å². The summed E-state index contributed by atoms with van der Waals surface area (Å²) in [5, 5.41) is 0. The molecule has 1 rings (SSSR count). The fraction of sp³-hybridized carbons (Fsp3) is 0.714. The summed E-state index contributed by atoms with van der Waals surface area (Å²) in [5.74, 6) is -0.651. The Morgan fingerprint density at radius 2 is 2.00 bits per heavy atom. The number of halogens is 2. The Balaban J connectivity index is 2.86. The number of alkyl halides is 2. The van der Waals surface area contributed by atoms with Crippen molar-refractivity contribution in [2.24, 2.45) is 11.8 Å². The van der Waals surface area contributed by atoms with Crippen LogP contribution in [0.4, 0.5) is 8.78 Å². The fourth-order valence-electron chi connectivity index (χ4n) is 1.29. The zero-order valence-corrected chi connectivity index (χ0v) is 7.02. The summed E-state index contributed by atoms with van der Waals surface area (Å²) >= 11 is 0. The van der Waals surface area contributed by atoms with Gasteiger partial charge in [0.1, 0.15) is 0 Å². The van der Waals surface area contributed by atoms with Gasteiger partial charge in [-0.1, -0.05) is 0 Å². The van der Waals surface area contributed by atoms with Crippen LogP contribution >= 0.6 is 0 Å². The first-order valence-corrected chi connectivity index (χ1v) is 5.23. The molecule has 68 valence electrons. The van der Waals surface area contributed by atoms with Crippen molar-refractivity contribution in [3.8, 4) is 12.3 Å². The molecule has 0 aromatic carbocycles. The first-order valence-electron chi connectivity index (χ1n) is 3.41. The van der Waals surface area contributed by atoms with E-state index >= 15 is 0 Å². The van der Waals surface area contributed by atoms with Gasteiger partial charge in [-0.2, -0.15) is 0 Å². The minimum Gasteiger partial charge on any atom is -0.229 e. The van der Waals surface area contributed by atoms with E-state index in [2.05, 4.69) is 5.92 Å². The highest BCUT2D eigenvalue weighted by atomic mass is 32.2. The van der Waals surface area contributed by atoms with E-state index in [-0.39, 0.29) is 5.75 Å². The summed E-state index contributed by atoms with van der Waals surface area (Å²) in [5.41, 5.74) is 0. The van der Waals surface area contributed by atoms with Crippen LogP contribution in [0.1, 0.15) is 0 Å². The van der Waals surface area contributed by atoms with Crippen molar-refractivity contribution in [1.82, 2.24) is 0 Å². The lowest BCUT2D eigenvalue weighted by atomic mass is 9.98. The van der Waals surface area contributed by atoms with Gasteiger partial charge in [0.2, 0.25) is 6.43 Å². The summed E-state index contributed by atoms with van der Waals surface area (Å²) in [4.78, 5) is 0. The van der Waals surface area contributed by atoms with Gasteiger partial charge in [0, 0.05) is 11.8 Å². The van der Waals surface area contributed by atoms with Crippen LogP contribution in [-0.4, -0.2) is 26.3 Å². The van der Waals surface area contributed by atoms with Crippen LogP contribution in [0.3, 0.4) is 0 Å². The van der Waals surface area contributed by atoms with Crippen LogP contribution in [0, 0.1) is 24.2 Å². The molecule has 2 unspecified atom stereocenters. The van der Waals surface area contributed by atoms with E-state index in [1.807, 2.05) is 0 Å². The van der Waals surface area contributed by atoms with Gasteiger partial charge in [-0.15, -0.1) is 12.3 Å². The van der Waals surface area contributed by atoms with Crippen molar-refractivity contribution in [2.75, 3.05) is 11.5 Å². The topological polar surface area (TPSA) is 34.1 Å². The summed E-state index contributed by atoms with van der Waals surface area (Å²) in [6.45, 7) is 0. The summed E-state index contributed by atoms with van der Waals surface area (Å²) < 4.78 is 46.1. The summed E-state index contributed by atoms with van der Waals surface area (Å²) in [6.07, 6.45) is 2.30. The Hall–Kier alpha value is -0.630. The minimum atomic E-state index is -3.32. The molecule has 2 atom stereocenters. The van der Waals surface area contributed by atoms with Crippen molar-refractivity contribution >= 4 is 9.84 Å². The van der Waals surface area contributed by atoms with Crippen molar-refractivity contribution < 1.29 is 17.2 Å². The molecule has 0 aromatic rings. The van der Waals surface area contributed by atoms with Crippen molar-refractivity contribution in [3.05, 3.63) is 0 Å². The standard InChI is InChI=1S/C7H8F2O2S/c1-2-5-3-12(10,11)4-6(5)7(8)9/h1,5-7H,3-4H2. The molecule has 2 nitrogen and oxygen atoms in total. The molecule has 1 heterocycles. The molecular weight excluding hydrogens is 186 g/mol. The SMILES string of the molecule is C#CC1CS(=O)(=O)CC1C(F)F. The lowest BCUT2D eigenvalue weighted by Gasteiger charge is -2.09. The zero-order chi connectivity index (χ0) is 9.35. The van der Waals surface area contributed by atoms with E-state index in [1.165, 1.54) is 0 Å². The molecule has 12 heavy (non-hydrogen) atoms. The van der Waals surface area contributed by atoms with E-state index in [0.717, 1.165) is 0 Å². The third-order valence-corrected chi connectivity index (χ3v) is 3.69. The maximum absolute atomic E-state index is 12.2. The molecule has 1 saturated heterocycles. The lowest BCUT2D eigenvalue weighted by Crippen LogP contribution is -2.18. The second-order valence-corrected chi connectivity index (χ2v) is 5.00. The average molecular weight is 194 g/mol. The third-order valence-electron chi connectivity index (χ3n) is 1.93. The van der Waals surface area contributed by atoms with Gasteiger partial charge in [0.15, 0.2) is 9.84 Å². The van der Waals surface area contributed by atoms with E-state index < -0.39 is 33.9 Å². The Bertz CT molecular complexity index is 302. The summed E-state index contributed by atoms with van der Waals surface area (Å²) in [7, 11) is -3.32. The normalized spacial score (nSPS) is 33.5. The Labute approximate surface area is 69.9 Å². The first kappa shape index (κ1) is 9.46. The Kier molecular flexibility index (Phi) is 2.38. The molecule has 0 saturated carbocycles. The van der Waals surface area contributed by atoms with Crippen LogP contribution in [0.5, 0.6) is 0 Å². The quantitative estimate of drug-likeness (QED) is 0.571. The number of hydrogen-bond donors (Lipinski definition) is 0. The maximum atomic E-state index is 12.2. The maximum Gasteiger partial charge on any atom is 0.243 e. The van der Waals surface area contributed by atoms with Crippen molar-refractivity contribution in [1.29, 1.82) is 0 Å². The molecule has 1 fully saturated rings. The van der Waals surface area contributed by atoms with Crippen LogP contribution < -0.4 is 0 Å². The predicted molar refractivity (Wildman–Crippen MR) is 40.5 cm³/mol. The van der Waals surface area contributed by atoms with Gasteiger partial charge in [-0.25, -0.2) is 17.2 Å². The van der Waals surface area contributed by atoms with Crippen LogP contribution in [-0.2, 0) is 9.84 Å². The van der Waals surface area contributed by atoms with Gasteiger partial charge < -0.3 is 0 Å². The number of rotatable bonds is 1. The molecular formula is C7H8F2O2S. The van der Waals surface area contributed by atoms with Gasteiger partial charge in [0.05, 0.1) is 11.5 Å². The van der Waals surface area contributed by atoms with Gasteiger partial charge in [-0.3, -0.25) is 0 Å². The fourth-order valence-corrected chi connectivity index (χ4v) is 3.29. The van der Waals surface area contributed by atoms with E-state index in [9.17, 15) is 17.2 Å². The molecule has 0 aliphatic carbocycles. The molecule has 1 aliphatic heterocycles. The van der Waals surface area contributed by atoms with Gasteiger partial charge in [0.25, 0.3) is 0 Å². The Morgan fingerprint density at radius 3 is 2.33 bits per heavy atom. The molecule has 0 spiro atoms. The minimum absolute atomic E-state index is 0.293. The molecule has 1 aliphatic rings. The molecule has 0 N–H and O–H groups in total. The number of hydrogen-bond acceptors (Lipinski definition) is 2. The highest BCUT2D eigenvalue weighted by Gasteiger charge is 2.41. The monoisotopic (exact) mass is 194 g/mol. The molecule has 0 radical (unpaired) electrons. The largest absolute Gasteiger partial charge is 0.243 e. The Morgan fingerprint density at radius 1 is 1.42 bits per heavy atom. The molecule has 0 aromatic heterocycles. The molecule has 0 amide bonds. The van der Waals surface area contributed by atoms with Crippen LogP contribution in [0.2, 0.25) is 0 Å². The summed E-state index contributed by atoms with van der Waals surface area (Å²) in [6, 6.07) is 0. The van der Waals surface area contributed by atoms with Crippen molar-refractivity contribution in [2.45, 2.75) is 6.43 Å². The molecule has 5 heteroatoms. The number of sulfone groups is 1. The van der Waals surface area contributed by atoms with Crippen molar-refractivity contribution in [3.63, 3.8) is 0 Å². The van der Waals surface area contributed by atoms with E-state index in [1.54, 1.807) is 0 Å². The number of terminal acetylenes is 1.